The van der Waals surface area contributed by atoms with Crippen LogP contribution in [0.15, 0.2) is 5.38 Å². The number of aromatic nitrogens is 1. The number of carbonyl (C=O) groups excluding carboxylic acids is 1. The summed E-state index contributed by atoms with van der Waals surface area (Å²) in [6.07, 6.45) is 3.72. The summed E-state index contributed by atoms with van der Waals surface area (Å²) in [5.41, 5.74) is 6.83. The fourth-order valence-corrected chi connectivity index (χ4v) is 3.52. The number of hydrogen-bond acceptors (Lipinski definition) is 5. The summed E-state index contributed by atoms with van der Waals surface area (Å²) in [7, 11) is 0. The van der Waals surface area contributed by atoms with Gasteiger partial charge in [0, 0.05) is 30.9 Å². The van der Waals surface area contributed by atoms with Crippen molar-refractivity contribution in [2.75, 3.05) is 19.6 Å². The molecule has 0 bridgehead atoms. The largest absolute Gasteiger partial charge is 0.356 e. The van der Waals surface area contributed by atoms with E-state index in [-0.39, 0.29) is 11.9 Å². The Morgan fingerprint density at radius 3 is 2.86 bits per heavy atom. The van der Waals surface area contributed by atoms with E-state index in [1.807, 2.05) is 6.92 Å². The average Bonchev–Trinajstić information content (AvgIpc) is 2.93. The van der Waals surface area contributed by atoms with E-state index in [2.05, 4.69) is 27.5 Å². The Labute approximate surface area is 137 Å². The molecule has 6 heteroatoms. The zero-order valence-electron chi connectivity index (χ0n) is 13.7. The minimum Gasteiger partial charge on any atom is -0.356 e. The van der Waals surface area contributed by atoms with Crippen molar-refractivity contribution in [1.82, 2.24) is 15.2 Å². The third kappa shape index (κ3) is 5.66. The molecule has 1 aliphatic heterocycles. The highest BCUT2D eigenvalue weighted by atomic mass is 32.1. The minimum atomic E-state index is -0.0621. The lowest BCUT2D eigenvalue weighted by molar-refractivity contribution is -0.121. The van der Waals surface area contributed by atoms with E-state index >= 15 is 0 Å². The Bertz CT molecular complexity index is 466. The van der Waals surface area contributed by atoms with Crippen LogP contribution in [0.3, 0.4) is 0 Å². The molecule has 5 nitrogen and oxygen atoms in total. The number of aryl methyl sites for hydroxylation is 1. The molecular formula is C16H28N4OS. The number of hydrogen-bond donors (Lipinski definition) is 2. The smallest absolute Gasteiger partial charge is 0.221 e. The molecule has 0 aliphatic carbocycles. The van der Waals surface area contributed by atoms with E-state index in [1.54, 1.807) is 11.3 Å². The van der Waals surface area contributed by atoms with E-state index < -0.39 is 0 Å². The van der Waals surface area contributed by atoms with Crippen LogP contribution >= 0.6 is 11.3 Å². The zero-order chi connectivity index (χ0) is 15.9. The molecule has 0 spiro atoms. The molecule has 0 aromatic carbocycles. The Hall–Kier alpha value is -0.980. The van der Waals surface area contributed by atoms with Gasteiger partial charge in [0.2, 0.25) is 5.91 Å². The molecule has 1 fully saturated rings. The molecule has 3 N–H and O–H groups in total. The van der Waals surface area contributed by atoms with Crippen LogP contribution in [0.25, 0.3) is 0 Å². The first-order valence-corrected chi connectivity index (χ1v) is 9.12. The monoisotopic (exact) mass is 324 g/mol. The van der Waals surface area contributed by atoms with E-state index in [0.717, 1.165) is 45.4 Å². The maximum atomic E-state index is 11.6. The number of piperidine rings is 1. The number of nitrogens with two attached hydrogens (primary N) is 1. The summed E-state index contributed by atoms with van der Waals surface area (Å²) < 4.78 is 0. The summed E-state index contributed by atoms with van der Waals surface area (Å²) in [6.45, 7) is 7.93. The standard InChI is InChI=1S/C16H28N4OS/c1-3-16-19-14(11-22-16)10-20-6-4-13(5-7-20)9-18-15(21)8-12(2)17/h11-13H,3-10,17H2,1-2H3,(H,18,21). The van der Waals surface area contributed by atoms with Crippen LogP contribution < -0.4 is 11.1 Å². The SMILES string of the molecule is CCc1nc(CN2CCC(CNC(=O)CC(C)N)CC2)cs1. The van der Waals surface area contributed by atoms with Gasteiger partial charge in [-0.3, -0.25) is 9.69 Å². The van der Waals surface area contributed by atoms with Gasteiger partial charge in [0.25, 0.3) is 0 Å². The Kier molecular flexibility index (Phi) is 6.79. The molecule has 1 aromatic rings. The number of nitrogens with one attached hydrogen (secondary N) is 1. The van der Waals surface area contributed by atoms with Crippen LogP contribution in [-0.4, -0.2) is 41.5 Å². The van der Waals surface area contributed by atoms with Gasteiger partial charge in [-0.2, -0.15) is 0 Å². The fraction of sp³-hybridized carbons (Fsp3) is 0.750. The van der Waals surface area contributed by atoms with Gasteiger partial charge >= 0.3 is 0 Å². The Morgan fingerprint density at radius 1 is 1.55 bits per heavy atom. The number of rotatable bonds is 7. The van der Waals surface area contributed by atoms with Gasteiger partial charge in [-0.15, -0.1) is 11.3 Å². The van der Waals surface area contributed by atoms with Crippen molar-refractivity contribution in [1.29, 1.82) is 0 Å². The molecule has 1 saturated heterocycles. The van der Waals surface area contributed by atoms with Crippen molar-refractivity contribution in [3.8, 4) is 0 Å². The zero-order valence-corrected chi connectivity index (χ0v) is 14.5. The summed E-state index contributed by atoms with van der Waals surface area (Å²) in [5, 5.41) is 6.41. The van der Waals surface area contributed by atoms with Gasteiger partial charge in [0.15, 0.2) is 0 Å². The highest BCUT2D eigenvalue weighted by Gasteiger charge is 2.20. The van der Waals surface area contributed by atoms with Crippen LogP contribution in [0.5, 0.6) is 0 Å². The van der Waals surface area contributed by atoms with Crippen molar-refractivity contribution >= 4 is 17.2 Å². The summed E-state index contributed by atoms with van der Waals surface area (Å²) in [4.78, 5) is 18.7. The van der Waals surface area contributed by atoms with Crippen LogP contribution in [0.1, 0.15) is 43.8 Å². The van der Waals surface area contributed by atoms with E-state index in [1.165, 1.54) is 10.7 Å². The summed E-state index contributed by atoms with van der Waals surface area (Å²) >= 11 is 1.76. The van der Waals surface area contributed by atoms with Crippen molar-refractivity contribution in [2.45, 2.75) is 52.1 Å². The van der Waals surface area contributed by atoms with Gasteiger partial charge in [-0.25, -0.2) is 4.98 Å². The molecule has 1 atom stereocenters. The highest BCUT2D eigenvalue weighted by Crippen LogP contribution is 2.19. The van der Waals surface area contributed by atoms with E-state index in [0.29, 0.717) is 12.3 Å². The van der Waals surface area contributed by atoms with Crippen molar-refractivity contribution in [3.63, 3.8) is 0 Å². The Balaban J connectivity index is 1.66. The lowest BCUT2D eigenvalue weighted by Crippen LogP contribution is -2.39. The van der Waals surface area contributed by atoms with Crippen LogP contribution in [-0.2, 0) is 17.8 Å². The molecule has 1 unspecified atom stereocenters. The van der Waals surface area contributed by atoms with Gasteiger partial charge in [-0.1, -0.05) is 6.92 Å². The summed E-state index contributed by atoms with van der Waals surface area (Å²) in [5.74, 6) is 0.668. The molecular weight excluding hydrogens is 296 g/mol. The molecule has 22 heavy (non-hydrogen) atoms. The number of thiazole rings is 1. The van der Waals surface area contributed by atoms with Crippen molar-refractivity contribution in [3.05, 3.63) is 16.1 Å². The lowest BCUT2D eigenvalue weighted by Gasteiger charge is -2.31. The molecule has 0 saturated carbocycles. The summed E-state index contributed by atoms with van der Waals surface area (Å²) in [6, 6.07) is -0.0621. The second-order valence-corrected chi connectivity index (χ2v) is 7.23. The number of amides is 1. The molecule has 1 amide bonds. The van der Waals surface area contributed by atoms with Gasteiger partial charge in [-0.05, 0) is 45.2 Å². The second-order valence-electron chi connectivity index (χ2n) is 6.29. The first kappa shape index (κ1) is 17.4. The maximum Gasteiger partial charge on any atom is 0.221 e. The van der Waals surface area contributed by atoms with Crippen molar-refractivity contribution in [2.24, 2.45) is 11.7 Å². The maximum absolute atomic E-state index is 11.6. The van der Waals surface area contributed by atoms with Gasteiger partial charge in [0.05, 0.1) is 10.7 Å². The van der Waals surface area contributed by atoms with E-state index in [9.17, 15) is 4.79 Å². The molecule has 2 rings (SSSR count). The van der Waals surface area contributed by atoms with Crippen LogP contribution in [0.4, 0.5) is 0 Å². The minimum absolute atomic E-state index is 0.0621. The molecule has 0 radical (unpaired) electrons. The quantitative estimate of drug-likeness (QED) is 0.802. The molecule has 1 aliphatic rings. The van der Waals surface area contributed by atoms with Gasteiger partial charge < -0.3 is 11.1 Å². The number of carbonyl (C=O) groups is 1. The van der Waals surface area contributed by atoms with Crippen LogP contribution in [0, 0.1) is 5.92 Å². The highest BCUT2D eigenvalue weighted by molar-refractivity contribution is 7.09. The van der Waals surface area contributed by atoms with Crippen LogP contribution in [0.2, 0.25) is 0 Å². The average molecular weight is 324 g/mol. The predicted molar refractivity (Wildman–Crippen MR) is 90.8 cm³/mol. The molecule has 2 heterocycles. The van der Waals surface area contributed by atoms with E-state index in [4.69, 9.17) is 5.73 Å². The predicted octanol–water partition coefficient (Wildman–Crippen LogP) is 1.77. The van der Waals surface area contributed by atoms with Crippen molar-refractivity contribution < 1.29 is 4.79 Å². The number of likely N-dealkylation sites (tertiary alicyclic amines) is 1. The normalized spacial score (nSPS) is 18.3. The Morgan fingerprint density at radius 2 is 2.27 bits per heavy atom. The number of nitrogens with zero attached hydrogens (tertiary/aromatic N) is 2. The topological polar surface area (TPSA) is 71.2 Å². The van der Waals surface area contributed by atoms with Gasteiger partial charge in [0.1, 0.15) is 0 Å². The second kappa shape index (κ2) is 8.60. The third-order valence-electron chi connectivity index (χ3n) is 4.09. The molecule has 124 valence electrons. The fourth-order valence-electron chi connectivity index (χ4n) is 2.78. The third-order valence-corrected chi connectivity index (χ3v) is 5.13. The molecule has 1 aromatic heterocycles. The first-order valence-electron chi connectivity index (χ1n) is 8.24. The lowest BCUT2D eigenvalue weighted by atomic mass is 9.96. The first-order chi connectivity index (χ1) is 10.6.